The number of nitrogens with zero attached hydrogens (tertiary/aromatic N) is 4. The summed E-state index contributed by atoms with van der Waals surface area (Å²) < 4.78 is 40.0. The molecule has 1 amide bonds. The molecule has 2 aromatic carbocycles. The van der Waals surface area contributed by atoms with Gasteiger partial charge in [0, 0.05) is 29.3 Å². The van der Waals surface area contributed by atoms with Gasteiger partial charge in [-0.25, -0.2) is 4.68 Å². The van der Waals surface area contributed by atoms with Gasteiger partial charge in [-0.1, -0.05) is 6.07 Å². The van der Waals surface area contributed by atoms with Crippen LogP contribution in [0.3, 0.4) is 0 Å². The fourth-order valence-corrected chi connectivity index (χ4v) is 2.74. The molecular formula is C21H15F3N6O. The number of carbonyl (C=O) groups is 1. The normalized spacial score (nSPS) is 11.2. The maximum Gasteiger partial charge on any atom is 0.416 e. The molecule has 2 heterocycles. The molecule has 0 aliphatic rings. The number of hydrogen-bond donors (Lipinski definition) is 2. The van der Waals surface area contributed by atoms with E-state index in [1.165, 1.54) is 12.1 Å². The zero-order valence-electron chi connectivity index (χ0n) is 15.8. The molecule has 4 aromatic rings. The lowest BCUT2D eigenvalue weighted by Gasteiger charge is -2.10. The smallest absolute Gasteiger partial charge is 0.339 e. The Kier molecular flexibility index (Phi) is 5.35. The van der Waals surface area contributed by atoms with Gasteiger partial charge in [0.05, 0.1) is 5.56 Å². The largest absolute Gasteiger partial charge is 0.416 e. The molecule has 7 nitrogen and oxygen atoms in total. The first-order valence-electron chi connectivity index (χ1n) is 9.08. The van der Waals surface area contributed by atoms with Crippen LogP contribution < -0.4 is 10.6 Å². The van der Waals surface area contributed by atoms with E-state index in [0.29, 0.717) is 23.0 Å². The number of benzene rings is 2. The van der Waals surface area contributed by atoms with Crippen molar-refractivity contribution in [2.75, 3.05) is 10.6 Å². The highest BCUT2D eigenvalue weighted by Crippen LogP contribution is 2.29. The summed E-state index contributed by atoms with van der Waals surface area (Å²) in [5.74, 6) is 0.451. The molecule has 2 aromatic heterocycles. The summed E-state index contributed by atoms with van der Waals surface area (Å²) >= 11 is 0. The minimum absolute atomic E-state index is 0.0791. The first-order valence-corrected chi connectivity index (χ1v) is 9.08. The number of carbonyl (C=O) groups excluding carboxylic acids is 1. The molecule has 2 N–H and O–H groups in total. The van der Waals surface area contributed by atoms with Gasteiger partial charge in [-0.2, -0.15) is 18.3 Å². The molecule has 0 saturated heterocycles. The first-order chi connectivity index (χ1) is 14.9. The molecular weight excluding hydrogens is 409 g/mol. The van der Waals surface area contributed by atoms with Crippen LogP contribution in [-0.4, -0.2) is 25.9 Å². The second-order valence-corrected chi connectivity index (χ2v) is 6.46. The Balaban J connectivity index is 1.40. The fraction of sp³-hybridized carbons (Fsp3) is 0.0476. The molecule has 31 heavy (non-hydrogen) atoms. The Labute approximate surface area is 174 Å². The predicted octanol–water partition coefficient (Wildman–Crippen LogP) is 4.68. The van der Waals surface area contributed by atoms with Gasteiger partial charge in [-0.05, 0) is 60.7 Å². The molecule has 0 atom stereocenters. The third kappa shape index (κ3) is 4.86. The van der Waals surface area contributed by atoms with E-state index in [2.05, 4.69) is 25.9 Å². The minimum atomic E-state index is -4.51. The van der Waals surface area contributed by atoms with Crippen molar-refractivity contribution in [3.8, 4) is 5.82 Å². The summed E-state index contributed by atoms with van der Waals surface area (Å²) in [6.45, 7) is 0. The van der Waals surface area contributed by atoms with Crippen molar-refractivity contribution in [2.45, 2.75) is 6.18 Å². The van der Waals surface area contributed by atoms with Crippen LogP contribution in [0.15, 0.2) is 79.1 Å². The highest BCUT2D eigenvalue weighted by Gasteiger charge is 2.30. The van der Waals surface area contributed by atoms with Crippen LogP contribution in [-0.2, 0) is 6.18 Å². The number of amides is 1. The summed E-state index contributed by atoms with van der Waals surface area (Å²) in [5, 5.41) is 17.9. The van der Waals surface area contributed by atoms with Crippen LogP contribution in [0.2, 0.25) is 0 Å². The Morgan fingerprint density at radius 1 is 0.903 bits per heavy atom. The quantitative estimate of drug-likeness (QED) is 0.486. The lowest BCUT2D eigenvalue weighted by molar-refractivity contribution is -0.137. The number of nitrogens with one attached hydrogen (secondary N) is 2. The molecule has 0 fully saturated rings. The lowest BCUT2D eigenvalue weighted by atomic mass is 10.1. The van der Waals surface area contributed by atoms with E-state index in [-0.39, 0.29) is 5.56 Å². The van der Waals surface area contributed by atoms with Gasteiger partial charge < -0.3 is 10.6 Å². The predicted molar refractivity (Wildman–Crippen MR) is 108 cm³/mol. The number of halogens is 3. The van der Waals surface area contributed by atoms with E-state index in [1.807, 2.05) is 0 Å². The summed E-state index contributed by atoms with van der Waals surface area (Å²) in [7, 11) is 0. The molecule has 156 valence electrons. The first kappa shape index (κ1) is 20.1. The van der Waals surface area contributed by atoms with Gasteiger partial charge in [0.25, 0.3) is 5.91 Å². The van der Waals surface area contributed by atoms with Crippen LogP contribution in [0.5, 0.6) is 0 Å². The second kappa shape index (κ2) is 8.27. The van der Waals surface area contributed by atoms with Gasteiger partial charge in [0.2, 0.25) is 0 Å². The van der Waals surface area contributed by atoms with Crippen molar-refractivity contribution in [2.24, 2.45) is 0 Å². The number of rotatable bonds is 5. The van der Waals surface area contributed by atoms with Crippen LogP contribution in [0.25, 0.3) is 5.82 Å². The molecule has 0 saturated carbocycles. The molecule has 0 spiro atoms. The molecule has 4 rings (SSSR count). The van der Waals surface area contributed by atoms with Crippen molar-refractivity contribution < 1.29 is 18.0 Å². The van der Waals surface area contributed by atoms with Crippen molar-refractivity contribution in [3.05, 3.63) is 90.3 Å². The Morgan fingerprint density at radius 2 is 1.68 bits per heavy atom. The molecule has 0 radical (unpaired) electrons. The number of anilines is 3. The SMILES string of the molecule is O=C(Nc1ccc(Nc2ccc(-n3cccn3)nn2)cc1)c1cccc(C(F)(F)F)c1. The van der Waals surface area contributed by atoms with Gasteiger partial charge in [-0.3, -0.25) is 4.79 Å². The Hall–Kier alpha value is -4.21. The average Bonchev–Trinajstić information content (AvgIpc) is 3.30. The monoisotopic (exact) mass is 424 g/mol. The van der Waals surface area contributed by atoms with E-state index in [0.717, 1.165) is 12.1 Å². The van der Waals surface area contributed by atoms with E-state index in [1.54, 1.807) is 59.5 Å². The molecule has 0 unspecified atom stereocenters. The summed E-state index contributed by atoms with van der Waals surface area (Å²) in [5.41, 5.74) is 0.176. The third-order valence-electron chi connectivity index (χ3n) is 4.26. The highest BCUT2D eigenvalue weighted by molar-refractivity contribution is 6.04. The molecule has 0 bridgehead atoms. The number of alkyl halides is 3. The molecule has 0 aliphatic heterocycles. The Morgan fingerprint density at radius 3 is 2.32 bits per heavy atom. The van der Waals surface area contributed by atoms with Crippen molar-refractivity contribution in [1.29, 1.82) is 0 Å². The van der Waals surface area contributed by atoms with Crippen molar-refractivity contribution >= 4 is 23.1 Å². The summed E-state index contributed by atoms with van der Waals surface area (Å²) in [6.07, 6.45) is -1.12. The zero-order valence-corrected chi connectivity index (χ0v) is 15.8. The van der Waals surface area contributed by atoms with E-state index in [4.69, 9.17) is 0 Å². The maximum atomic E-state index is 12.8. The van der Waals surface area contributed by atoms with E-state index in [9.17, 15) is 18.0 Å². The number of hydrogen-bond acceptors (Lipinski definition) is 5. The molecule has 0 aliphatic carbocycles. The standard InChI is InChI=1S/C21H15F3N6O/c22-21(23,24)15-4-1-3-14(13-15)20(31)27-17-7-5-16(6-8-17)26-18-9-10-19(29-28-18)30-12-2-11-25-30/h1-13H,(H,26,28)(H,27,31). The van der Waals surface area contributed by atoms with E-state index < -0.39 is 17.6 Å². The van der Waals surface area contributed by atoms with Gasteiger partial charge >= 0.3 is 6.18 Å². The number of aromatic nitrogens is 4. The van der Waals surface area contributed by atoms with Crippen LogP contribution >= 0.6 is 0 Å². The van der Waals surface area contributed by atoms with Gasteiger partial charge in [-0.15, -0.1) is 10.2 Å². The van der Waals surface area contributed by atoms with Crippen molar-refractivity contribution in [3.63, 3.8) is 0 Å². The third-order valence-corrected chi connectivity index (χ3v) is 4.26. The Bertz CT molecular complexity index is 1170. The average molecular weight is 424 g/mol. The second-order valence-electron chi connectivity index (χ2n) is 6.46. The molecule has 10 heteroatoms. The van der Waals surface area contributed by atoms with Crippen LogP contribution in [0.4, 0.5) is 30.4 Å². The van der Waals surface area contributed by atoms with Gasteiger partial charge in [0.1, 0.15) is 0 Å². The van der Waals surface area contributed by atoms with Gasteiger partial charge in [0.15, 0.2) is 11.6 Å². The van der Waals surface area contributed by atoms with E-state index >= 15 is 0 Å². The fourth-order valence-electron chi connectivity index (χ4n) is 2.74. The lowest BCUT2D eigenvalue weighted by Crippen LogP contribution is -2.13. The summed E-state index contributed by atoms with van der Waals surface area (Å²) in [4.78, 5) is 12.3. The highest BCUT2D eigenvalue weighted by atomic mass is 19.4. The summed E-state index contributed by atoms with van der Waals surface area (Å²) in [6, 6.07) is 16.2. The minimum Gasteiger partial charge on any atom is -0.339 e. The van der Waals surface area contributed by atoms with Crippen LogP contribution in [0, 0.1) is 0 Å². The maximum absolute atomic E-state index is 12.8. The topological polar surface area (TPSA) is 84.7 Å². The van der Waals surface area contributed by atoms with Crippen molar-refractivity contribution in [1.82, 2.24) is 20.0 Å². The van der Waals surface area contributed by atoms with Crippen LogP contribution in [0.1, 0.15) is 15.9 Å². The zero-order chi connectivity index (χ0) is 21.8.